The van der Waals surface area contributed by atoms with Gasteiger partial charge in [-0.3, -0.25) is 25.0 Å². The van der Waals surface area contributed by atoms with E-state index in [-0.39, 0.29) is 33.9 Å². The quantitative estimate of drug-likeness (QED) is 0.356. The molecule has 0 fully saturated rings. The van der Waals surface area contributed by atoms with Gasteiger partial charge in [0.25, 0.3) is 17.3 Å². The number of hydrogen-bond acceptors (Lipinski definition) is 7. The van der Waals surface area contributed by atoms with Crippen molar-refractivity contribution in [1.29, 1.82) is 5.26 Å². The molecule has 10 heteroatoms. The molecule has 0 saturated carbocycles. The van der Waals surface area contributed by atoms with Crippen LogP contribution < -0.4 is 10.1 Å². The first kappa shape index (κ1) is 19.1. The third-order valence-electron chi connectivity index (χ3n) is 3.40. The number of hydrogen-bond donors (Lipinski definition) is 1. The molecule has 10 nitrogen and oxygen atoms in total. The third-order valence-corrected chi connectivity index (χ3v) is 3.40. The van der Waals surface area contributed by atoms with Crippen molar-refractivity contribution in [3.63, 3.8) is 0 Å². The van der Waals surface area contributed by atoms with E-state index < -0.39 is 15.8 Å². The summed E-state index contributed by atoms with van der Waals surface area (Å²) in [5, 5.41) is 33.3. The standard InChI is InChI=1S/C17H12N4O6/c1-27-16-6-5-14(21(25)26)9-15(16)19-17(22)12(10-18)7-11-3-2-4-13(8-11)20(23)24/h2-9H,1H3,(H,19,22)/b12-7+. The lowest BCUT2D eigenvalue weighted by atomic mass is 10.1. The number of non-ortho nitro benzene ring substituents is 2. The number of nitro benzene ring substituents is 2. The number of nitriles is 1. The molecule has 0 heterocycles. The second kappa shape index (κ2) is 8.21. The lowest BCUT2D eigenvalue weighted by Gasteiger charge is -2.09. The van der Waals surface area contributed by atoms with Crippen LogP contribution in [0.1, 0.15) is 5.56 Å². The fourth-order valence-electron chi connectivity index (χ4n) is 2.14. The van der Waals surface area contributed by atoms with Crippen molar-refractivity contribution in [3.8, 4) is 11.8 Å². The highest BCUT2D eigenvalue weighted by Gasteiger charge is 2.16. The number of nitrogens with one attached hydrogen (secondary N) is 1. The Morgan fingerprint density at radius 2 is 1.81 bits per heavy atom. The van der Waals surface area contributed by atoms with Crippen molar-refractivity contribution in [2.45, 2.75) is 0 Å². The molecule has 0 atom stereocenters. The second-order valence-electron chi connectivity index (χ2n) is 5.12. The van der Waals surface area contributed by atoms with Crippen molar-refractivity contribution < 1.29 is 19.4 Å². The molecule has 27 heavy (non-hydrogen) atoms. The molecule has 0 aliphatic rings. The average molecular weight is 368 g/mol. The summed E-state index contributed by atoms with van der Waals surface area (Å²) in [5.41, 5.74) is -0.517. The minimum atomic E-state index is -0.845. The minimum absolute atomic E-state index is 0.0110. The summed E-state index contributed by atoms with van der Waals surface area (Å²) in [4.78, 5) is 32.8. The number of rotatable bonds is 6. The van der Waals surface area contributed by atoms with Crippen molar-refractivity contribution in [2.75, 3.05) is 12.4 Å². The average Bonchev–Trinajstić information content (AvgIpc) is 2.66. The van der Waals surface area contributed by atoms with Gasteiger partial charge in [-0.2, -0.15) is 5.26 Å². The number of nitro groups is 2. The van der Waals surface area contributed by atoms with Crippen molar-refractivity contribution in [2.24, 2.45) is 0 Å². The topological polar surface area (TPSA) is 148 Å². The van der Waals surface area contributed by atoms with Gasteiger partial charge in [-0.05, 0) is 17.7 Å². The van der Waals surface area contributed by atoms with E-state index in [4.69, 9.17) is 4.74 Å². The molecule has 136 valence electrons. The first-order valence-corrected chi connectivity index (χ1v) is 7.35. The van der Waals surface area contributed by atoms with E-state index in [1.807, 2.05) is 0 Å². The van der Waals surface area contributed by atoms with E-state index in [0.29, 0.717) is 0 Å². The lowest BCUT2D eigenvalue weighted by Crippen LogP contribution is -2.14. The Bertz CT molecular complexity index is 993. The summed E-state index contributed by atoms with van der Waals surface area (Å²) < 4.78 is 5.04. The fourth-order valence-corrected chi connectivity index (χ4v) is 2.14. The van der Waals surface area contributed by atoms with Crippen LogP contribution in [0.5, 0.6) is 5.75 Å². The molecule has 0 bridgehead atoms. The predicted octanol–water partition coefficient (Wildman–Crippen LogP) is 3.06. The Hall–Kier alpha value is -4.26. The van der Waals surface area contributed by atoms with Crippen LogP contribution in [0, 0.1) is 31.6 Å². The molecule has 2 aromatic carbocycles. The van der Waals surface area contributed by atoms with Crippen molar-refractivity contribution in [1.82, 2.24) is 0 Å². The van der Waals surface area contributed by atoms with Gasteiger partial charge < -0.3 is 10.1 Å². The normalized spacial score (nSPS) is 10.6. The number of carbonyl (C=O) groups is 1. The van der Waals surface area contributed by atoms with Gasteiger partial charge >= 0.3 is 0 Å². The van der Waals surface area contributed by atoms with Crippen LogP contribution in [0.25, 0.3) is 6.08 Å². The van der Waals surface area contributed by atoms with Crippen LogP contribution in [0.2, 0.25) is 0 Å². The molecule has 0 unspecified atom stereocenters. The summed E-state index contributed by atoms with van der Waals surface area (Å²) in [6.45, 7) is 0. The van der Waals surface area contributed by atoms with E-state index in [2.05, 4.69) is 5.32 Å². The Kier molecular flexibility index (Phi) is 5.80. The maximum absolute atomic E-state index is 12.4. The summed E-state index contributed by atoms with van der Waals surface area (Å²) >= 11 is 0. The van der Waals surface area contributed by atoms with Crippen molar-refractivity contribution in [3.05, 3.63) is 73.8 Å². The van der Waals surface area contributed by atoms with Gasteiger partial charge in [0, 0.05) is 24.3 Å². The van der Waals surface area contributed by atoms with Crippen LogP contribution in [0.4, 0.5) is 17.1 Å². The molecule has 0 aliphatic carbocycles. The van der Waals surface area contributed by atoms with Crippen LogP contribution >= 0.6 is 0 Å². The minimum Gasteiger partial charge on any atom is -0.495 e. The van der Waals surface area contributed by atoms with E-state index in [1.165, 1.54) is 49.6 Å². The third kappa shape index (κ3) is 4.64. The number of amides is 1. The number of ether oxygens (including phenoxy) is 1. The van der Waals surface area contributed by atoms with Gasteiger partial charge in [0.1, 0.15) is 17.4 Å². The summed E-state index contributed by atoms with van der Waals surface area (Å²) in [6, 6.07) is 10.7. The Morgan fingerprint density at radius 3 is 2.41 bits per heavy atom. The van der Waals surface area contributed by atoms with Gasteiger partial charge in [0.05, 0.1) is 22.6 Å². The van der Waals surface area contributed by atoms with Crippen LogP contribution in [-0.2, 0) is 4.79 Å². The number of carbonyl (C=O) groups excluding carboxylic acids is 1. The van der Waals surface area contributed by atoms with Crippen molar-refractivity contribution >= 4 is 29.0 Å². The smallest absolute Gasteiger partial charge is 0.271 e. The highest BCUT2D eigenvalue weighted by Crippen LogP contribution is 2.29. The Labute approximate surface area is 152 Å². The van der Waals surface area contributed by atoms with Crippen LogP contribution in [0.3, 0.4) is 0 Å². The zero-order chi connectivity index (χ0) is 20.0. The molecule has 2 aromatic rings. The van der Waals surface area contributed by atoms with Gasteiger partial charge in [-0.25, -0.2) is 0 Å². The highest BCUT2D eigenvalue weighted by molar-refractivity contribution is 6.10. The number of benzene rings is 2. The fraction of sp³-hybridized carbons (Fsp3) is 0.0588. The molecular weight excluding hydrogens is 356 g/mol. The monoisotopic (exact) mass is 368 g/mol. The van der Waals surface area contributed by atoms with Gasteiger partial charge in [0.2, 0.25) is 0 Å². The predicted molar refractivity (Wildman–Crippen MR) is 95.0 cm³/mol. The van der Waals surface area contributed by atoms with E-state index in [1.54, 1.807) is 6.07 Å². The first-order chi connectivity index (χ1) is 12.8. The van der Waals surface area contributed by atoms with Crippen LogP contribution in [0.15, 0.2) is 48.0 Å². The molecular formula is C17H12N4O6. The molecule has 1 N–H and O–H groups in total. The molecule has 0 saturated heterocycles. The molecule has 0 aliphatic heterocycles. The van der Waals surface area contributed by atoms with E-state index in [9.17, 15) is 30.3 Å². The maximum atomic E-state index is 12.4. The Morgan fingerprint density at radius 1 is 1.15 bits per heavy atom. The molecule has 0 radical (unpaired) electrons. The molecule has 0 aromatic heterocycles. The lowest BCUT2D eigenvalue weighted by molar-refractivity contribution is -0.385. The number of methoxy groups -OCH3 is 1. The SMILES string of the molecule is COc1ccc([N+](=O)[O-])cc1NC(=O)/C(C#N)=C/c1cccc([N+](=O)[O-])c1. The van der Waals surface area contributed by atoms with Gasteiger partial charge in [-0.15, -0.1) is 0 Å². The zero-order valence-corrected chi connectivity index (χ0v) is 13.9. The van der Waals surface area contributed by atoms with Gasteiger partial charge in [0.15, 0.2) is 0 Å². The highest BCUT2D eigenvalue weighted by atomic mass is 16.6. The zero-order valence-electron chi connectivity index (χ0n) is 13.9. The largest absolute Gasteiger partial charge is 0.495 e. The second-order valence-corrected chi connectivity index (χ2v) is 5.12. The number of nitrogens with zero attached hydrogens (tertiary/aromatic N) is 3. The van der Waals surface area contributed by atoms with E-state index in [0.717, 1.165) is 6.07 Å². The Balaban J connectivity index is 2.34. The number of anilines is 1. The first-order valence-electron chi connectivity index (χ1n) is 7.35. The molecule has 2 rings (SSSR count). The maximum Gasteiger partial charge on any atom is 0.271 e. The van der Waals surface area contributed by atoms with Gasteiger partial charge in [-0.1, -0.05) is 12.1 Å². The summed E-state index contributed by atoms with van der Waals surface area (Å²) in [7, 11) is 1.32. The summed E-state index contributed by atoms with van der Waals surface area (Å²) in [5.74, 6) is -0.676. The molecule has 0 spiro atoms. The van der Waals surface area contributed by atoms with Crippen LogP contribution in [-0.4, -0.2) is 22.9 Å². The van der Waals surface area contributed by atoms with E-state index >= 15 is 0 Å². The summed E-state index contributed by atoms with van der Waals surface area (Å²) in [6.07, 6.45) is 1.17. The molecule has 1 amide bonds.